The summed E-state index contributed by atoms with van der Waals surface area (Å²) in [6, 6.07) is 7.75. The fourth-order valence-electron chi connectivity index (χ4n) is 2.56. The van der Waals surface area contributed by atoms with Gasteiger partial charge in [-0.25, -0.2) is 8.42 Å². The fourth-order valence-corrected chi connectivity index (χ4v) is 4.03. The number of benzene rings is 1. The summed E-state index contributed by atoms with van der Waals surface area (Å²) in [5.74, 6) is -1.79. The van der Waals surface area contributed by atoms with E-state index in [1.54, 1.807) is 18.2 Å². The van der Waals surface area contributed by atoms with Gasteiger partial charge in [-0.05, 0) is 31.1 Å². The average molecular weight is 392 g/mol. The first kappa shape index (κ1) is 22.4. The summed E-state index contributed by atoms with van der Waals surface area (Å²) in [6.45, 7) is 5.38. The average Bonchev–Trinajstić information content (AvgIpc) is 2.69. The molecule has 0 radical (unpaired) electrons. The van der Waals surface area contributed by atoms with Crippen LogP contribution in [0.25, 0.3) is 0 Å². The van der Waals surface area contributed by atoms with Gasteiger partial charge >= 0.3 is 11.9 Å². The maximum Gasteiger partial charge on any atom is 0.323 e. The van der Waals surface area contributed by atoms with E-state index in [1.807, 2.05) is 6.92 Å². The van der Waals surface area contributed by atoms with Gasteiger partial charge in [0.2, 0.25) is 9.84 Å². The number of hydrogen-bond donors (Lipinski definition) is 0. The van der Waals surface area contributed by atoms with Crippen molar-refractivity contribution in [1.29, 1.82) is 0 Å². The molecule has 1 aromatic carbocycles. The van der Waals surface area contributed by atoms with Gasteiger partial charge in [-0.1, -0.05) is 31.2 Å². The minimum atomic E-state index is -3.98. The monoisotopic (exact) mass is 392 g/mol. The maximum absolute atomic E-state index is 13.1. The van der Waals surface area contributed by atoms with Crippen LogP contribution >= 0.6 is 0 Å². The molecule has 0 aliphatic carbocycles. The number of rotatable bonds is 9. The van der Waals surface area contributed by atoms with E-state index in [9.17, 15) is 18.0 Å². The molecule has 0 aliphatic rings. The van der Waals surface area contributed by atoms with Gasteiger partial charge in [-0.2, -0.15) is 0 Å². The van der Waals surface area contributed by atoms with Crippen LogP contribution in [0, 0.1) is 5.41 Å². The molecule has 0 heterocycles. The van der Waals surface area contributed by atoms with E-state index in [0.717, 1.165) is 14.2 Å². The van der Waals surface area contributed by atoms with Crippen molar-refractivity contribution in [3.63, 3.8) is 0 Å². The first-order chi connectivity index (χ1) is 12.8. The molecule has 146 valence electrons. The summed E-state index contributed by atoms with van der Waals surface area (Å²) in [5, 5.41) is 0. The van der Waals surface area contributed by atoms with Crippen LogP contribution in [0.15, 0.2) is 64.6 Å². The van der Waals surface area contributed by atoms with Gasteiger partial charge < -0.3 is 9.47 Å². The standard InChI is InChI=1S/C20H24O6S/c1-5-7-11-17(27(23,24)16-12-9-8-10-13-16)15-20(14-6-2,18(21)25-3)19(22)26-4/h6-10,12-13H,2,5,14-15H2,1,3-4H3. The highest BCUT2D eigenvalue weighted by Crippen LogP contribution is 2.37. The Balaban J connectivity index is 3.64. The fraction of sp³-hybridized carbons (Fsp3) is 0.350. The molecule has 27 heavy (non-hydrogen) atoms. The van der Waals surface area contributed by atoms with Crippen molar-refractivity contribution in [2.75, 3.05) is 14.2 Å². The molecule has 0 atom stereocenters. The van der Waals surface area contributed by atoms with E-state index >= 15 is 0 Å². The van der Waals surface area contributed by atoms with Gasteiger partial charge in [0.15, 0.2) is 5.41 Å². The molecule has 0 saturated heterocycles. The first-order valence-electron chi connectivity index (χ1n) is 8.32. The highest BCUT2D eigenvalue weighted by Gasteiger charge is 2.49. The van der Waals surface area contributed by atoms with Crippen molar-refractivity contribution in [2.45, 2.75) is 31.1 Å². The molecule has 6 nitrogen and oxygen atoms in total. The van der Waals surface area contributed by atoms with Crippen LogP contribution < -0.4 is 0 Å². The molecule has 0 aromatic heterocycles. The molecule has 0 saturated carbocycles. The zero-order chi connectivity index (χ0) is 20.5. The lowest BCUT2D eigenvalue weighted by atomic mass is 9.81. The van der Waals surface area contributed by atoms with Crippen LogP contribution in [0.4, 0.5) is 0 Å². The number of carbonyl (C=O) groups excluding carboxylic acids is 2. The zero-order valence-electron chi connectivity index (χ0n) is 15.7. The topological polar surface area (TPSA) is 86.7 Å². The second-order valence-electron chi connectivity index (χ2n) is 5.73. The number of allylic oxidation sites excluding steroid dienone is 2. The Morgan fingerprint density at radius 1 is 1.15 bits per heavy atom. The third kappa shape index (κ3) is 4.96. The van der Waals surface area contributed by atoms with Gasteiger partial charge in [0, 0.05) is 6.42 Å². The summed E-state index contributed by atoms with van der Waals surface area (Å²) >= 11 is 0. The second kappa shape index (κ2) is 9.90. The predicted octanol–water partition coefficient (Wildman–Crippen LogP) is 3.21. The van der Waals surface area contributed by atoms with E-state index in [2.05, 4.69) is 12.3 Å². The molecule has 1 rings (SSSR count). The maximum atomic E-state index is 13.1. The number of ether oxygens (including phenoxy) is 2. The highest BCUT2D eigenvalue weighted by atomic mass is 32.2. The predicted molar refractivity (Wildman–Crippen MR) is 101 cm³/mol. The van der Waals surface area contributed by atoms with Crippen molar-refractivity contribution >= 4 is 21.8 Å². The van der Waals surface area contributed by atoms with Gasteiger partial charge in [-0.3, -0.25) is 9.59 Å². The van der Waals surface area contributed by atoms with E-state index < -0.39 is 33.6 Å². The summed E-state index contributed by atoms with van der Waals surface area (Å²) < 4.78 is 35.7. The number of sulfone groups is 1. The Kier molecular flexibility index (Phi) is 8.22. The Morgan fingerprint density at radius 3 is 2.15 bits per heavy atom. The molecular formula is C20H24O6S. The van der Waals surface area contributed by atoms with Crippen molar-refractivity contribution in [3.05, 3.63) is 59.7 Å². The molecule has 1 aromatic rings. The summed E-state index contributed by atoms with van der Waals surface area (Å²) in [5.41, 5.74) is 0.870. The van der Waals surface area contributed by atoms with Crippen LogP contribution in [-0.2, 0) is 28.9 Å². The minimum absolute atomic E-state index is 0.0410. The zero-order valence-corrected chi connectivity index (χ0v) is 16.5. The largest absolute Gasteiger partial charge is 0.468 e. The van der Waals surface area contributed by atoms with Crippen LogP contribution in [0.3, 0.4) is 0 Å². The molecule has 7 heteroatoms. The summed E-state index contributed by atoms with van der Waals surface area (Å²) in [6.07, 6.45) is 2.81. The smallest absolute Gasteiger partial charge is 0.323 e. The summed E-state index contributed by atoms with van der Waals surface area (Å²) in [4.78, 5) is 24.8. The Labute approximate surface area is 160 Å². The highest BCUT2D eigenvalue weighted by molar-refractivity contribution is 7.95. The first-order valence-corrected chi connectivity index (χ1v) is 9.80. The van der Waals surface area contributed by atoms with Crippen molar-refractivity contribution in [3.8, 4) is 0 Å². The molecule has 0 aliphatic heterocycles. The van der Waals surface area contributed by atoms with Gasteiger partial charge in [0.25, 0.3) is 0 Å². The van der Waals surface area contributed by atoms with Crippen LogP contribution in [-0.4, -0.2) is 34.6 Å². The van der Waals surface area contributed by atoms with Crippen molar-refractivity contribution in [1.82, 2.24) is 0 Å². The summed E-state index contributed by atoms with van der Waals surface area (Å²) in [7, 11) is -1.73. The van der Waals surface area contributed by atoms with Crippen LogP contribution in [0.2, 0.25) is 0 Å². The van der Waals surface area contributed by atoms with Crippen LogP contribution in [0.5, 0.6) is 0 Å². The Bertz CT molecular complexity index is 830. The lowest BCUT2D eigenvalue weighted by Gasteiger charge is -2.27. The number of esters is 2. The van der Waals surface area contributed by atoms with Gasteiger partial charge in [0.1, 0.15) is 0 Å². The van der Waals surface area contributed by atoms with Crippen LogP contribution in [0.1, 0.15) is 26.2 Å². The quantitative estimate of drug-likeness (QED) is 0.278. The third-order valence-corrected chi connectivity index (χ3v) is 5.76. The second-order valence-corrected chi connectivity index (χ2v) is 7.70. The lowest BCUT2D eigenvalue weighted by Crippen LogP contribution is -2.42. The van der Waals surface area contributed by atoms with E-state index in [1.165, 1.54) is 24.3 Å². The normalized spacial score (nSPS) is 11.1. The third-order valence-electron chi connectivity index (χ3n) is 3.95. The molecule has 0 unspecified atom stereocenters. The van der Waals surface area contributed by atoms with Crippen molar-refractivity contribution in [2.24, 2.45) is 5.41 Å². The lowest BCUT2D eigenvalue weighted by molar-refractivity contribution is -0.168. The SMILES string of the molecule is C=CCC(CC(=C=CCC)S(=O)(=O)c1ccccc1)(C(=O)OC)C(=O)OC. The number of hydrogen-bond acceptors (Lipinski definition) is 6. The Hall–Kier alpha value is -2.63. The number of methoxy groups -OCH3 is 2. The minimum Gasteiger partial charge on any atom is -0.468 e. The number of carbonyl (C=O) groups is 2. The van der Waals surface area contributed by atoms with E-state index in [0.29, 0.717) is 6.42 Å². The molecule has 0 N–H and O–H groups in total. The van der Waals surface area contributed by atoms with Gasteiger partial charge in [-0.15, -0.1) is 12.3 Å². The van der Waals surface area contributed by atoms with Crippen molar-refractivity contribution < 1.29 is 27.5 Å². The molecule has 0 fully saturated rings. The van der Waals surface area contributed by atoms with E-state index in [4.69, 9.17) is 9.47 Å². The van der Waals surface area contributed by atoms with E-state index in [-0.39, 0.29) is 16.2 Å². The Morgan fingerprint density at radius 2 is 1.70 bits per heavy atom. The molecule has 0 spiro atoms. The molecule has 0 amide bonds. The van der Waals surface area contributed by atoms with Gasteiger partial charge in [0.05, 0.1) is 24.0 Å². The molecular weight excluding hydrogens is 368 g/mol. The molecule has 0 bridgehead atoms.